The van der Waals surface area contributed by atoms with Crippen LogP contribution in [0.1, 0.15) is 304 Å². The first-order valence-corrected chi connectivity index (χ1v) is 34.7. The first kappa shape index (κ1) is 74.6. The number of piperazine rings is 1. The van der Waals surface area contributed by atoms with Crippen LogP contribution in [0.5, 0.6) is 0 Å². The Labute approximate surface area is 481 Å². The Balaban J connectivity index is 3.07. The van der Waals surface area contributed by atoms with Crippen LogP contribution in [-0.4, -0.2) is 179 Å². The molecule has 0 saturated carbocycles. The maximum atomic E-state index is 11.5. The van der Waals surface area contributed by atoms with Crippen LogP contribution in [0.3, 0.4) is 0 Å². The molecule has 0 amide bonds. The summed E-state index contributed by atoms with van der Waals surface area (Å²) in [6.45, 7) is 24.2. The number of hydrogen-bond acceptors (Lipinski definition) is 10. The van der Waals surface area contributed by atoms with Crippen LogP contribution >= 0.6 is 0 Å². The van der Waals surface area contributed by atoms with Crippen molar-refractivity contribution < 1.29 is 25.5 Å². The van der Waals surface area contributed by atoms with Gasteiger partial charge in [0.15, 0.2) is 0 Å². The maximum absolute atomic E-state index is 11.5. The van der Waals surface area contributed by atoms with Crippen molar-refractivity contribution in [1.29, 1.82) is 0 Å². The molecule has 462 valence electrons. The van der Waals surface area contributed by atoms with E-state index >= 15 is 0 Å². The van der Waals surface area contributed by atoms with Gasteiger partial charge in [-0.3, -0.25) is 19.6 Å². The molecule has 1 fully saturated rings. The number of hydrogen-bond donors (Lipinski definition) is 5. The smallest absolute Gasteiger partial charge is 0.0667 e. The highest BCUT2D eigenvalue weighted by molar-refractivity contribution is 4.78. The zero-order chi connectivity index (χ0) is 56.1. The third kappa shape index (κ3) is 48.8. The molecule has 5 N–H and O–H groups in total. The van der Waals surface area contributed by atoms with Crippen molar-refractivity contribution in [3.8, 4) is 0 Å². The lowest BCUT2D eigenvalue weighted by atomic mass is 10.0. The van der Waals surface area contributed by atoms with Gasteiger partial charge in [-0.05, 0) is 51.6 Å². The summed E-state index contributed by atoms with van der Waals surface area (Å²) < 4.78 is 0. The third-order valence-corrected chi connectivity index (χ3v) is 17.2. The molecule has 0 spiro atoms. The number of β-amino-alcohol motifs (C(OH)–C–C–N with tert-alkyl or cyclic N) is 1. The molecule has 0 aliphatic carbocycles. The molecule has 77 heavy (non-hydrogen) atoms. The van der Waals surface area contributed by atoms with Crippen molar-refractivity contribution in [2.24, 2.45) is 0 Å². The lowest BCUT2D eigenvalue weighted by Crippen LogP contribution is -2.50. The van der Waals surface area contributed by atoms with Crippen molar-refractivity contribution in [3.05, 3.63) is 0 Å². The SMILES string of the molecule is CCCCCCCCCCC(O)CN1CCN(CCN(CCCN(CC(O)CCCCCCCC)CC(O)CCCCCCCCCC)CCN(CC(O)CCCCCCCC)CC(O)CCCCCCCCCC)CC1. The minimum atomic E-state index is -0.381. The van der Waals surface area contributed by atoms with E-state index in [1.165, 1.54) is 199 Å². The second-order valence-electron chi connectivity index (χ2n) is 25.0. The summed E-state index contributed by atoms with van der Waals surface area (Å²) >= 11 is 0. The second kappa shape index (κ2) is 56.1. The molecule has 5 unspecified atom stereocenters. The van der Waals surface area contributed by atoms with E-state index in [0.29, 0.717) is 26.2 Å². The van der Waals surface area contributed by atoms with Crippen molar-refractivity contribution in [2.75, 3.05) is 98.2 Å². The number of aliphatic hydroxyl groups is 5. The van der Waals surface area contributed by atoms with Crippen LogP contribution in [0.15, 0.2) is 0 Å². The zero-order valence-corrected chi connectivity index (χ0v) is 52.7. The van der Waals surface area contributed by atoms with Gasteiger partial charge in [0.1, 0.15) is 0 Å². The molecule has 1 rings (SSSR count). The Morgan fingerprint density at radius 2 is 0.506 bits per heavy atom. The van der Waals surface area contributed by atoms with Gasteiger partial charge in [-0.2, -0.15) is 0 Å². The maximum Gasteiger partial charge on any atom is 0.0667 e. The molecule has 0 radical (unpaired) electrons. The van der Waals surface area contributed by atoms with Crippen LogP contribution in [0.2, 0.25) is 0 Å². The Morgan fingerprint density at radius 1 is 0.260 bits per heavy atom. The average molecular weight is 1090 g/mol. The molecular weight excluding hydrogens is 955 g/mol. The van der Waals surface area contributed by atoms with Gasteiger partial charge in [0.2, 0.25) is 0 Å². The highest BCUT2D eigenvalue weighted by atomic mass is 16.3. The molecule has 0 aromatic rings. The lowest BCUT2D eigenvalue weighted by molar-refractivity contribution is 0.0472. The van der Waals surface area contributed by atoms with Crippen molar-refractivity contribution >= 4 is 0 Å². The Kier molecular flexibility index (Phi) is 54.4. The number of aliphatic hydroxyl groups excluding tert-OH is 5. The van der Waals surface area contributed by atoms with Gasteiger partial charge in [-0.1, -0.05) is 266 Å². The van der Waals surface area contributed by atoms with Crippen molar-refractivity contribution in [1.82, 2.24) is 24.5 Å². The number of nitrogens with zero attached hydrogens (tertiary/aromatic N) is 5. The Morgan fingerprint density at radius 3 is 0.831 bits per heavy atom. The van der Waals surface area contributed by atoms with Gasteiger partial charge >= 0.3 is 0 Å². The van der Waals surface area contributed by atoms with E-state index in [-0.39, 0.29) is 30.5 Å². The fourth-order valence-corrected chi connectivity index (χ4v) is 11.9. The van der Waals surface area contributed by atoms with Crippen LogP contribution in [0, 0.1) is 0 Å². The van der Waals surface area contributed by atoms with E-state index in [1.54, 1.807) is 0 Å². The molecular formula is C67H139N5O5. The normalized spacial score (nSPS) is 15.9. The first-order chi connectivity index (χ1) is 37.6. The summed E-state index contributed by atoms with van der Waals surface area (Å²) in [6.07, 6.45) is 48.8. The average Bonchev–Trinajstić information content (AvgIpc) is 3.41. The Hall–Kier alpha value is -0.400. The highest BCUT2D eigenvalue weighted by Gasteiger charge is 2.23. The predicted molar refractivity (Wildman–Crippen MR) is 335 cm³/mol. The summed E-state index contributed by atoms with van der Waals surface area (Å²) in [7, 11) is 0. The molecule has 0 aromatic heterocycles. The number of rotatable bonds is 61. The minimum absolute atomic E-state index is 0.231. The summed E-state index contributed by atoms with van der Waals surface area (Å²) in [4.78, 5) is 12.5. The molecule has 10 nitrogen and oxygen atoms in total. The molecule has 1 saturated heterocycles. The topological polar surface area (TPSA) is 117 Å². The fraction of sp³-hybridized carbons (Fsp3) is 1.00. The van der Waals surface area contributed by atoms with E-state index in [1.807, 2.05) is 0 Å². The Bertz CT molecular complexity index is 1170. The van der Waals surface area contributed by atoms with Gasteiger partial charge in [0, 0.05) is 85.1 Å². The fourth-order valence-electron chi connectivity index (χ4n) is 11.9. The van der Waals surface area contributed by atoms with E-state index in [0.717, 1.165) is 143 Å². The van der Waals surface area contributed by atoms with Gasteiger partial charge in [0.05, 0.1) is 30.5 Å². The first-order valence-electron chi connectivity index (χ1n) is 34.7. The molecule has 0 aromatic carbocycles. The van der Waals surface area contributed by atoms with E-state index in [2.05, 4.69) is 59.1 Å². The van der Waals surface area contributed by atoms with Gasteiger partial charge in [-0.15, -0.1) is 0 Å². The molecule has 1 heterocycles. The summed E-state index contributed by atoms with van der Waals surface area (Å²) in [5, 5.41) is 56.6. The monoisotopic (exact) mass is 1090 g/mol. The largest absolute Gasteiger partial charge is 0.392 e. The molecule has 1 aliphatic rings. The third-order valence-electron chi connectivity index (χ3n) is 17.2. The predicted octanol–water partition coefficient (Wildman–Crippen LogP) is 14.8. The molecule has 0 bridgehead atoms. The van der Waals surface area contributed by atoms with Crippen LogP contribution in [0.4, 0.5) is 0 Å². The zero-order valence-electron chi connectivity index (χ0n) is 52.7. The van der Waals surface area contributed by atoms with E-state index in [9.17, 15) is 25.5 Å². The standard InChI is InChI=1S/C67H139N5O5/c1-6-11-16-21-26-29-34-39-43-63(73)58-70-55-52-69(53-56-70)51-50-68(54-57-72(61-66(76)46-38-33-25-20-15-10-5)62-67(77)47-41-36-31-28-23-18-13-8-3)48-42-49-71(59-64(74)44-37-32-24-19-14-9-4)60-65(75)45-40-35-30-27-22-17-12-7-2/h63-67,73-77H,6-62H2,1-5H3. The van der Waals surface area contributed by atoms with E-state index < -0.39 is 0 Å². The van der Waals surface area contributed by atoms with Crippen molar-refractivity contribution in [2.45, 2.75) is 335 Å². The van der Waals surface area contributed by atoms with Crippen molar-refractivity contribution in [3.63, 3.8) is 0 Å². The lowest BCUT2D eigenvalue weighted by Gasteiger charge is -2.37. The summed E-state index contributed by atoms with van der Waals surface area (Å²) in [6, 6.07) is 0. The molecule has 10 heteroatoms. The quantitative estimate of drug-likeness (QED) is 0.0377. The second-order valence-corrected chi connectivity index (χ2v) is 25.0. The van der Waals surface area contributed by atoms with Crippen LogP contribution in [0.25, 0.3) is 0 Å². The number of unbranched alkanes of at least 4 members (excludes halogenated alkanes) is 31. The van der Waals surface area contributed by atoms with Crippen LogP contribution in [-0.2, 0) is 0 Å². The van der Waals surface area contributed by atoms with Gasteiger partial charge in [0.25, 0.3) is 0 Å². The van der Waals surface area contributed by atoms with Crippen LogP contribution < -0.4 is 0 Å². The van der Waals surface area contributed by atoms with Gasteiger partial charge < -0.3 is 30.4 Å². The summed E-state index contributed by atoms with van der Waals surface area (Å²) in [5.41, 5.74) is 0. The van der Waals surface area contributed by atoms with Gasteiger partial charge in [-0.25, -0.2) is 0 Å². The van der Waals surface area contributed by atoms with E-state index in [4.69, 9.17) is 0 Å². The molecule has 5 atom stereocenters. The highest BCUT2D eigenvalue weighted by Crippen LogP contribution is 2.18. The summed E-state index contributed by atoms with van der Waals surface area (Å²) in [5.74, 6) is 0. The minimum Gasteiger partial charge on any atom is -0.392 e. The molecule has 1 aliphatic heterocycles.